The van der Waals surface area contributed by atoms with Crippen LogP contribution in [-0.4, -0.2) is 65.1 Å². The maximum atomic E-state index is 13.5. The van der Waals surface area contributed by atoms with Gasteiger partial charge in [0.05, 0.1) is 6.04 Å². The Bertz CT molecular complexity index is 2520. The molecule has 0 radical (unpaired) electrons. The van der Waals surface area contributed by atoms with Crippen LogP contribution in [0.2, 0.25) is 0 Å². The normalized spacial score (nSPS) is 17.2. The zero-order valence-corrected chi connectivity index (χ0v) is 31.5. The lowest BCUT2D eigenvalue weighted by molar-refractivity contribution is -0.147. The number of nitrogens with zero attached hydrogens (tertiary/aromatic N) is 3. The average molecular weight is 802 g/mol. The predicted octanol–water partition coefficient (Wildman–Crippen LogP) is 8.03. The molecule has 12 nitrogen and oxygen atoms in total. The number of benzene rings is 4. The van der Waals surface area contributed by atoms with Gasteiger partial charge >= 0.3 is 19.2 Å². The number of hydrogen-bond acceptors (Lipinski definition) is 11. The Balaban J connectivity index is 1.10. The van der Waals surface area contributed by atoms with Gasteiger partial charge in [-0.2, -0.15) is 17.6 Å². The number of nitrogens with two attached hydrogens (primary N) is 1. The van der Waals surface area contributed by atoms with Crippen molar-refractivity contribution in [2.45, 2.75) is 78.0 Å². The van der Waals surface area contributed by atoms with Gasteiger partial charge in [-0.1, -0.05) is 24.3 Å². The Morgan fingerprint density at radius 2 is 1.36 bits per heavy atom. The average Bonchev–Trinajstić information content (AvgIpc) is 4.01. The number of carbonyl (C=O) groups excluding carboxylic acids is 2. The van der Waals surface area contributed by atoms with Crippen LogP contribution >= 0.6 is 0 Å². The minimum atomic E-state index is -3.12. The number of esters is 1. The molecule has 4 aromatic carbocycles. The molecule has 3 N–H and O–H groups in total. The second-order valence-corrected chi connectivity index (χ2v) is 14.4. The van der Waals surface area contributed by atoms with Crippen molar-refractivity contribution in [2.75, 3.05) is 13.1 Å². The lowest BCUT2D eigenvalue weighted by Crippen LogP contribution is -2.39. The van der Waals surface area contributed by atoms with Gasteiger partial charge in [-0.05, 0) is 99.1 Å². The molecule has 1 amide bonds. The number of hydrogen-bond donors (Lipinski definition) is 2. The molecule has 302 valence electrons. The summed E-state index contributed by atoms with van der Waals surface area (Å²) < 4.78 is 81.3. The fraction of sp³-hybridized carbons (Fsp3) is 0.333. The molecule has 2 saturated heterocycles. The third kappa shape index (κ3) is 7.81. The second-order valence-electron chi connectivity index (χ2n) is 14.4. The van der Waals surface area contributed by atoms with Crippen LogP contribution in [0.4, 0.5) is 17.6 Å². The van der Waals surface area contributed by atoms with Crippen LogP contribution < -0.4 is 20.5 Å². The van der Waals surface area contributed by atoms with E-state index >= 15 is 0 Å². The molecule has 0 spiro atoms. The van der Waals surface area contributed by atoms with Gasteiger partial charge in [-0.15, -0.1) is 0 Å². The van der Waals surface area contributed by atoms with Gasteiger partial charge in [0.2, 0.25) is 17.7 Å². The standard InChI is InChI=1S/C42H39F4N5O7/c1-21-25(7-3-9-27(21)38-49-30-15-23(19-51-14-6-12-32(51)37(47)52)33(57-41(43)44)17-35(30)55-38)26-8-4-10-28(22(26)2)39-50-31-16-24(20-54-40(53)29-11-5-13-48-29)34(58-42(45)46)18-36(31)56-39/h3-4,7-10,15-18,29,32,41-42,48H,5-6,11-14,19-20H2,1-2H3,(H2,47,52)/t29-,32?/m0/s1. The molecular weight excluding hydrogens is 762 g/mol. The minimum absolute atomic E-state index is 0.0771. The van der Waals surface area contributed by atoms with Crippen LogP contribution in [0.25, 0.3) is 56.2 Å². The molecule has 2 fully saturated rings. The van der Waals surface area contributed by atoms with Crippen molar-refractivity contribution in [3.8, 4) is 45.5 Å². The zero-order chi connectivity index (χ0) is 40.7. The van der Waals surface area contributed by atoms with E-state index in [1.54, 1.807) is 6.07 Å². The summed E-state index contributed by atoms with van der Waals surface area (Å²) >= 11 is 0. The van der Waals surface area contributed by atoms with Crippen LogP contribution in [0, 0.1) is 13.8 Å². The summed E-state index contributed by atoms with van der Waals surface area (Å²) in [6, 6.07) is 16.2. The number of nitrogens with one attached hydrogen (secondary N) is 1. The number of ether oxygens (including phenoxy) is 3. The van der Waals surface area contributed by atoms with Crippen molar-refractivity contribution >= 4 is 34.1 Å². The maximum Gasteiger partial charge on any atom is 0.387 e. The van der Waals surface area contributed by atoms with E-state index in [2.05, 4.69) is 10.3 Å². The summed E-state index contributed by atoms with van der Waals surface area (Å²) in [7, 11) is 0. The van der Waals surface area contributed by atoms with Crippen molar-refractivity contribution in [2.24, 2.45) is 5.73 Å². The Morgan fingerprint density at radius 1 is 0.810 bits per heavy atom. The van der Waals surface area contributed by atoms with Crippen LogP contribution in [-0.2, 0) is 27.5 Å². The van der Waals surface area contributed by atoms with E-state index in [-0.39, 0.29) is 53.2 Å². The number of fused-ring (bicyclic) bond motifs is 2. The van der Waals surface area contributed by atoms with Gasteiger partial charge in [0.1, 0.15) is 35.2 Å². The first-order valence-corrected chi connectivity index (χ1v) is 18.8. The fourth-order valence-electron chi connectivity index (χ4n) is 7.88. The van der Waals surface area contributed by atoms with Gasteiger partial charge in [-0.3, -0.25) is 14.5 Å². The van der Waals surface area contributed by atoms with Gasteiger partial charge < -0.3 is 34.1 Å². The fourth-order valence-corrected chi connectivity index (χ4v) is 7.88. The highest BCUT2D eigenvalue weighted by atomic mass is 19.3. The molecule has 0 aliphatic carbocycles. The molecular formula is C42H39F4N5O7. The van der Waals surface area contributed by atoms with Crippen LogP contribution in [0.15, 0.2) is 69.5 Å². The number of rotatable bonds is 13. The van der Waals surface area contributed by atoms with E-state index in [9.17, 15) is 27.2 Å². The van der Waals surface area contributed by atoms with Crippen molar-refractivity contribution in [1.82, 2.24) is 20.2 Å². The highest BCUT2D eigenvalue weighted by Gasteiger charge is 2.31. The number of halogens is 4. The highest BCUT2D eigenvalue weighted by Crippen LogP contribution is 2.40. The molecule has 0 bridgehead atoms. The summed E-state index contributed by atoms with van der Waals surface area (Å²) in [4.78, 5) is 35.8. The van der Waals surface area contributed by atoms with Crippen molar-refractivity contribution in [1.29, 1.82) is 0 Å². The molecule has 1 unspecified atom stereocenters. The van der Waals surface area contributed by atoms with E-state index in [1.807, 2.05) is 55.1 Å². The molecule has 4 heterocycles. The molecule has 2 aliphatic rings. The maximum absolute atomic E-state index is 13.5. The van der Waals surface area contributed by atoms with Crippen LogP contribution in [0.1, 0.15) is 47.9 Å². The first-order valence-electron chi connectivity index (χ1n) is 18.8. The smallest absolute Gasteiger partial charge is 0.387 e. The van der Waals surface area contributed by atoms with Gasteiger partial charge in [0.15, 0.2) is 11.2 Å². The van der Waals surface area contributed by atoms with Crippen LogP contribution in [0.3, 0.4) is 0 Å². The Kier molecular flexibility index (Phi) is 10.8. The molecule has 8 rings (SSSR count). The SMILES string of the molecule is Cc1c(-c2nc3cc(COC(=O)[C@@H]4CCCN4)c(OC(F)F)cc3o2)cccc1-c1cccc(-c2nc3cc(CN4CCCC4C(N)=O)c(OC(F)F)cc3o2)c1C. The van der Waals surface area contributed by atoms with Crippen molar-refractivity contribution < 1.29 is 50.2 Å². The number of aromatic nitrogens is 2. The Hall–Kier alpha value is -6.00. The van der Waals surface area contributed by atoms with Crippen LogP contribution in [0.5, 0.6) is 11.5 Å². The molecule has 16 heteroatoms. The Morgan fingerprint density at radius 3 is 1.90 bits per heavy atom. The van der Waals surface area contributed by atoms with Gasteiger partial charge in [0, 0.05) is 40.9 Å². The first kappa shape index (κ1) is 38.9. The van der Waals surface area contributed by atoms with E-state index in [0.717, 1.165) is 35.1 Å². The highest BCUT2D eigenvalue weighted by molar-refractivity contribution is 5.86. The summed E-state index contributed by atoms with van der Waals surface area (Å²) in [6.07, 6.45) is 2.81. The van der Waals surface area contributed by atoms with Crippen molar-refractivity contribution in [3.05, 3.63) is 82.9 Å². The number of primary amides is 1. The number of oxazole rings is 2. The van der Waals surface area contributed by atoms with Gasteiger partial charge in [0.25, 0.3) is 0 Å². The third-order valence-electron chi connectivity index (χ3n) is 10.8. The minimum Gasteiger partial charge on any atom is -0.460 e. The predicted molar refractivity (Wildman–Crippen MR) is 204 cm³/mol. The number of carbonyl (C=O) groups is 2. The molecule has 2 aromatic heterocycles. The lowest BCUT2D eigenvalue weighted by atomic mass is 9.91. The monoisotopic (exact) mass is 801 g/mol. The van der Waals surface area contributed by atoms with E-state index in [0.29, 0.717) is 53.7 Å². The molecule has 2 aliphatic heterocycles. The van der Waals surface area contributed by atoms with Crippen molar-refractivity contribution in [3.63, 3.8) is 0 Å². The summed E-state index contributed by atoms with van der Waals surface area (Å²) in [5.74, 6) is -0.703. The van der Waals surface area contributed by atoms with E-state index in [4.69, 9.17) is 33.8 Å². The third-order valence-corrected chi connectivity index (χ3v) is 10.8. The first-order chi connectivity index (χ1) is 27.9. The molecule has 0 saturated carbocycles. The Labute approximate surface area is 329 Å². The number of amides is 1. The topological polar surface area (TPSA) is 155 Å². The van der Waals surface area contributed by atoms with E-state index in [1.165, 1.54) is 18.2 Å². The number of alkyl halides is 4. The zero-order valence-electron chi connectivity index (χ0n) is 31.5. The van der Waals surface area contributed by atoms with Gasteiger partial charge in [-0.25, -0.2) is 9.97 Å². The number of likely N-dealkylation sites (tertiary alicyclic amines) is 1. The summed E-state index contributed by atoms with van der Waals surface area (Å²) in [5.41, 5.74) is 12.1. The summed E-state index contributed by atoms with van der Waals surface area (Å²) in [6.45, 7) is -1.22. The lowest BCUT2D eigenvalue weighted by Gasteiger charge is -2.23. The summed E-state index contributed by atoms with van der Waals surface area (Å²) in [5, 5.41) is 3.06. The largest absolute Gasteiger partial charge is 0.460 e. The molecule has 2 atom stereocenters. The second kappa shape index (κ2) is 16.1. The van der Waals surface area contributed by atoms with E-state index < -0.39 is 37.2 Å². The quantitative estimate of drug-likeness (QED) is 0.0862. The molecule has 6 aromatic rings. The molecule has 58 heavy (non-hydrogen) atoms.